The van der Waals surface area contributed by atoms with Gasteiger partial charge in [0.15, 0.2) is 0 Å². The molecule has 2 amide bonds. The average Bonchev–Trinajstić information content (AvgIpc) is 2.31. The molecule has 0 aliphatic heterocycles. The normalized spacial score (nSPS) is 12.2. The summed E-state index contributed by atoms with van der Waals surface area (Å²) in [6, 6.07) is 0. The van der Waals surface area contributed by atoms with Gasteiger partial charge in [0.2, 0.25) is 5.91 Å². The zero-order valence-corrected chi connectivity index (χ0v) is 11.3. The first-order valence-electron chi connectivity index (χ1n) is 5.73. The number of nitrogens with two attached hydrogens (primary N) is 3. The molecule has 10 heteroatoms. The molecule has 10 nitrogen and oxygen atoms in total. The predicted octanol–water partition coefficient (Wildman–Crippen LogP) is -3.66. The van der Waals surface area contributed by atoms with E-state index < -0.39 is 30.3 Å². The van der Waals surface area contributed by atoms with E-state index in [9.17, 15) is 9.59 Å². The third-order valence-electron chi connectivity index (χ3n) is 1.64. The van der Waals surface area contributed by atoms with E-state index in [1.165, 1.54) is 6.92 Å². The summed E-state index contributed by atoms with van der Waals surface area (Å²) in [7, 11) is 0. The maximum Gasteiger partial charge on any atom is 0.278 e. The number of aliphatic hydroxyl groups excluding tert-OH is 3. The van der Waals surface area contributed by atoms with Crippen LogP contribution >= 0.6 is 0 Å². The molecule has 0 aliphatic rings. The van der Waals surface area contributed by atoms with Crippen LogP contribution in [0.3, 0.4) is 0 Å². The molecule has 0 radical (unpaired) electrons. The van der Waals surface area contributed by atoms with E-state index in [1.54, 1.807) is 0 Å². The molecule has 0 rings (SSSR count). The second-order valence-electron chi connectivity index (χ2n) is 3.64. The fourth-order valence-corrected chi connectivity index (χ4v) is 1.02. The molecule has 20 heavy (non-hydrogen) atoms. The summed E-state index contributed by atoms with van der Waals surface area (Å²) >= 11 is 0. The lowest BCUT2D eigenvalue weighted by Crippen LogP contribution is -2.52. The van der Waals surface area contributed by atoms with Crippen molar-refractivity contribution in [1.82, 2.24) is 0 Å². The number of carbonyl (C=O) groups is 2. The maximum absolute atomic E-state index is 11.2. The Morgan fingerprint density at radius 3 is 1.70 bits per heavy atom. The molecule has 9 N–H and O–H groups in total. The zero-order chi connectivity index (χ0) is 16.2. The Labute approximate surface area is 116 Å². The minimum atomic E-state index is -2.03. The fraction of sp³-hybridized carbons (Fsp3) is 0.800. The van der Waals surface area contributed by atoms with Gasteiger partial charge >= 0.3 is 0 Å². The Kier molecular flexibility index (Phi) is 12.1. The SMILES string of the molecule is CC(N)O.NC(=O)CC(OCCO)(OCCO)C(N)=O. The molecular formula is C10H23N3O7. The van der Waals surface area contributed by atoms with Crippen molar-refractivity contribution in [3.05, 3.63) is 0 Å². The van der Waals surface area contributed by atoms with Crippen molar-refractivity contribution in [2.24, 2.45) is 17.2 Å². The number of hydrogen-bond acceptors (Lipinski definition) is 8. The van der Waals surface area contributed by atoms with Gasteiger partial charge in [-0.15, -0.1) is 0 Å². The first-order chi connectivity index (χ1) is 9.21. The molecule has 0 aromatic heterocycles. The molecular weight excluding hydrogens is 274 g/mol. The highest BCUT2D eigenvalue weighted by molar-refractivity contribution is 5.88. The van der Waals surface area contributed by atoms with Crippen LogP contribution in [0.5, 0.6) is 0 Å². The number of amides is 2. The summed E-state index contributed by atoms with van der Waals surface area (Å²) in [6.07, 6.45) is -1.25. The number of ether oxygens (including phenoxy) is 2. The van der Waals surface area contributed by atoms with Gasteiger partial charge in [-0.1, -0.05) is 0 Å². The van der Waals surface area contributed by atoms with Gasteiger partial charge in [-0.2, -0.15) is 0 Å². The van der Waals surface area contributed by atoms with Gasteiger partial charge in [0.1, 0.15) is 0 Å². The number of primary amides is 2. The molecule has 0 aromatic carbocycles. The van der Waals surface area contributed by atoms with Crippen LogP contribution in [-0.2, 0) is 19.1 Å². The first kappa shape index (κ1) is 21.0. The molecule has 0 bridgehead atoms. The van der Waals surface area contributed by atoms with Crippen LogP contribution in [0.1, 0.15) is 13.3 Å². The first-order valence-corrected chi connectivity index (χ1v) is 5.73. The van der Waals surface area contributed by atoms with Gasteiger partial charge in [-0.05, 0) is 6.92 Å². The number of hydrogen-bond donors (Lipinski definition) is 6. The van der Waals surface area contributed by atoms with Crippen molar-refractivity contribution in [2.45, 2.75) is 25.4 Å². The molecule has 1 unspecified atom stereocenters. The highest BCUT2D eigenvalue weighted by Crippen LogP contribution is 2.17. The summed E-state index contributed by atoms with van der Waals surface area (Å²) in [5.41, 5.74) is 14.6. The summed E-state index contributed by atoms with van der Waals surface area (Å²) in [5, 5.41) is 25.0. The Morgan fingerprint density at radius 2 is 1.50 bits per heavy atom. The molecule has 0 spiro atoms. The van der Waals surface area contributed by atoms with Crippen LogP contribution in [0.2, 0.25) is 0 Å². The lowest BCUT2D eigenvalue weighted by Gasteiger charge is -2.29. The van der Waals surface area contributed by atoms with Gasteiger partial charge in [0.05, 0.1) is 39.1 Å². The third kappa shape index (κ3) is 10.6. The Morgan fingerprint density at radius 1 is 1.15 bits per heavy atom. The lowest BCUT2D eigenvalue weighted by molar-refractivity contribution is -0.234. The predicted molar refractivity (Wildman–Crippen MR) is 67.7 cm³/mol. The van der Waals surface area contributed by atoms with Crippen LogP contribution < -0.4 is 17.2 Å². The molecule has 0 saturated carbocycles. The van der Waals surface area contributed by atoms with E-state index in [0.717, 1.165) is 0 Å². The van der Waals surface area contributed by atoms with Gasteiger partial charge in [-0.25, -0.2) is 0 Å². The molecule has 1 atom stereocenters. The molecule has 0 heterocycles. The van der Waals surface area contributed by atoms with Crippen molar-refractivity contribution in [2.75, 3.05) is 26.4 Å². The number of carbonyl (C=O) groups excluding carboxylic acids is 2. The molecule has 0 aromatic rings. The summed E-state index contributed by atoms with van der Waals surface area (Å²) in [4.78, 5) is 21.9. The Bertz CT molecular complexity index is 275. The van der Waals surface area contributed by atoms with Crippen LogP contribution in [0.15, 0.2) is 0 Å². The van der Waals surface area contributed by atoms with Crippen LogP contribution in [-0.4, -0.2) is 65.6 Å². The highest BCUT2D eigenvalue weighted by Gasteiger charge is 2.41. The van der Waals surface area contributed by atoms with Crippen molar-refractivity contribution < 1.29 is 34.4 Å². The van der Waals surface area contributed by atoms with Gasteiger partial charge < -0.3 is 42.0 Å². The van der Waals surface area contributed by atoms with E-state index in [4.69, 9.17) is 36.3 Å². The Hall–Kier alpha value is -1.30. The molecule has 0 fully saturated rings. The highest BCUT2D eigenvalue weighted by atomic mass is 16.7. The number of aliphatic hydroxyl groups is 3. The molecule has 0 aliphatic carbocycles. The maximum atomic E-state index is 11.2. The minimum Gasteiger partial charge on any atom is -0.394 e. The quantitative estimate of drug-likeness (QED) is 0.234. The average molecular weight is 297 g/mol. The van der Waals surface area contributed by atoms with Crippen LogP contribution in [0.25, 0.3) is 0 Å². The number of rotatable bonds is 9. The van der Waals surface area contributed by atoms with Crippen molar-refractivity contribution >= 4 is 11.8 Å². The van der Waals surface area contributed by atoms with Gasteiger partial charge in [0, 0.05) is 0 Å². The third-order valence-corrected chi connectivity index (χ3v) is 1.64. The van der Waals surface area contributed by atoms with E-state index in [-0.39, 0.29) is 26.4 Å². The standard InChI is InChI=1S/C8H16N2O6.C2H7NO/c9-6(13)5-8(7(10)14,15-3-1-11)16-4-2-12;1-2(3)4/h11-12H,1-5H2,(H2,9,13)(H2,10,14);2,4H,3H2,1H3. The summed E-state index contributed by atoms with van der Waals surface area (Å²) < 4.78 is 9.79. The van der Waals surface area contributed by atoms with Crippen molar-refractivity contribution in [3.8, 4) is 0 Å². The second-order valence-corrected chi connectivity index (χ2v) is 3.64. The topological polar surface area (TPSA) is 191 Å². The fourth-order valence-electron chi connectivity index (χ4n) is 1.02. The Balaban J connectivity index is 0. The van der Waals surface area contributed by atoms with Crippen molar-refractivity contribution in [3.63, 3.8) is 0 Å². The minimum absolute atomic E-state index is 0.248. The van der Waals surface area contributed by atoms with Gasteiger partial charge in [0.25, 0.3) is 11.7 Å². The largest absolute Gasteiger partial charge is 0.394 e. The van der Waals surface area contributed by atoms with E-state index in [0.29, 0.717) is 0 Å². The second kappa shape index (κ2) is 11.5. The van der Waals surface area contributed by atoms with Crippen LogP contribution in [0.4, 0.5) is 0 Å². The zero-order valence-electron chi connectivity index (χ0n) is 11.3. The lowest BCUT2D eigenvalue weighted by atomic mass is 10.1. The van der Waals surface area contributed by atoms with Gasteiger partial charge in [-0.3, -0.25) is 9.59 Å². The summed E-state index contributed by atoms with van der Waals surface area (Å²) in [5.74, 6) is -3.93. The van der Waals surface area contributed by atoms with E-state index in [2.05, 4.69) is 5.73 Å². The molecule has 0 saturated heterocycles. The smallest absolute Gasteiger partial charge is 0.278 e. The summed E-state index contributed by atoms with van der Waals surface area (Å²) in [6.45, 7) is 0.246. The monoisotopic (exact) mass is 297 g/mol. The van der Waals surface area contributed by atoms with Crippen molar-refractivity contribution in [1.29, 1.82) is 0 Å². The van der Waals surface area contributed by atoms with E-state index >= 15 is 0 Å². The van der Waals surface area contributed by atoms with E-state index in [1.807, 2.05) is 0 Å². The van der Waals surface area contributed by atoms with Crippen LogP contribution in [0, 0.1) is 0 Å². The molecule has 120 valence electrons.